The molecule has 1 N–H and O–H groups in total. The van der Waals surface area contributed by atoms with Crippen molar-refractivity contribution in [2.24, 2.45) is 0 Å². The first kappa shape index (κ1) is 14.2. The highest BCUT2D eigenvalue weighted by atomic mass is 79.9. The van der Waals surface area contributed by atoms with E-state index >= 15 is 0 Å². The zero-order chi connectivity index (χ0) is 13.5. The van der Waals surface area contributed by atoms with E-state index in [1.807, 2.05) is 18.3 Å². The van der Waals surface area contributed by atoms with Gasteiger partial charge >= 0.3 is 0 Å². The van der Waals surface area contributed by atoms with Crippen molar-refractivity contribution < 1.29 is 0 Å². The van der Waals surface area contributed by atoms with Gasteiger partial charge in [0.2, 0.25) is 0 Å². The van der Waals surface area contributed by atoms with Gasteiger partial charge in [0.1, 0.15) is 0 Å². The summed E-state index contributed by atoms with van der Waals surface area (Å²) in [5.74, 6) is 0. The van der Waals surface area contributed by atoms with Crippen molar-refractivity contribution in [3.8, 4) is 0 Å². The summed E-state index contributed by atoms with van der Waals surface area (Å²) in [7, 11) is 0. The largest absolute Gasteiger partial charge is 0.310 e. The molecule has 0 saturated heterocycles. The Labute approximate surface area is 123 Å². The van der Waals surface area contributed by atoms with Crippen molar-refractivity contribution in [3.05, 3.63) is 64.4 Å². The van der Waals surface area contributed by atoms with Crippen molar-refractivity contribution in [2.45, 2.75) is 25.8 Å². The quantitative estimate of drug-likeness (QED) is 0.866. The van der Waals surface area contributed by atoms with Crippen LogP contribution in [0, 0.1) is 0 Å². The molecular formula is C16H19BrN2. The van der Waals surface area contributed by atoms with Gasteiger partial charge in [-0.25, -0.2) is 0 Å². The summed E-state index contributed by atoms with van der Waals surface area (Å²) in [6.45, 7) is 3.16. The lowest BCUT2D eigenvalue weighted by Crippen LogP contribution is -2.23. The highest BCUT2D eigenvalue weighted by Crippen LogP contribution is 2.19. The van der Waals surface area contributed by atoms with Gasteiger partial charge in [-0.1, -0.05) is 41.1 Å². The lowest BCUT2D eigenvalue weighted by Gasteiger charge is -2.17. The van der Waals surface area contributed by atoms with E-state index in [0.29, 0.717) is 6.04 Å². The molecule has 1 unspecified atom stereocenters. The van der Waals surface area contributed by atoms with Crippen LogP contribution in [0.3, 0.4) is 0 Å². The van der Waals surface area contributed by atoms with Gasteiger partial charge in [-0.3, -0.25) is 4.98 Å². The normalized spacial score (nSPS) is 12.3. The zero-order valence-electron chi connectivity index (χ0n) is 11.1. The highest BCUT2D eigenvalue weighted by Gasteiger charge is 2.08. The van der Waals surface area contributed by atoms with Gasteiger partial charge in [-0.2, -0.15) is 0 Å². The van der Waals surface area contributed by atoms with Crippen LogP contribution in [0.5, 0.6) is 0 Å². The Kier molecular flexibility index (Phi) is 5.55. The molecule has 0 radical (unpaired) electrons. The van der Waals surface area contributed by atoms with E-state index < -0.39 is 0 Å². The molecular weight excluding hydrogens is 300 g/mol. The van der Waals surface area contributed by atoms with Crippen LogP contribution in [0.15, 0.2) is 53.1 Å². The van der Waals surface area contributed by atoms with Gasteiger partial charge in [0.25, 0.3) is 0 Å². The second-order valence-corrected chi connectivity index (χ2v) is 5.45. The second-order valence-electron chi connectivity index (χ2n) is 4.54. The molecule has 0 aliphatic carbocycles. The molecule has 1 atom stereocenters. The number of hydrogen-bond donors (Lipinski definition) is 1. The van der Waals surface area contributed by atoms with Crippen LogP contribution in [0.2, 0.25) is 0 Å². The molecule has 0 fully saturated rings. The molecule has 0 spiro atoms. The molecule has 0 bridgehead atoms. The molecule has 2 nitrogen and oxygen atoms in total. The lowest BCUT2D eigenvalue weighted by atomic mass is 10.0. The summed E-state index contributed by atoms with van der Waals surface area (Å²) in [6, 6.07) is 15.0. The number of rotatable bonds is 6. The van der Waals surface area contributed by atoms with E-state index in [0.717, 1.165) is 29.6 Å². The number of hydrogen-bond acceptors (Lipinski definition) is 2. The van der Waals surface area contributed by atoms with Gasteiger partial charge in [0, 0.05) is 35.4 Å². The van der Waals surface area contributed by atoms with Crippen molar-refractivity contribution in [1.82, 2.24) is 10.3 Å². The summed E-state index contributed by atoms with van der Waals surface area (Å²) in [4.78, 5) is 4.34. The first-order valence-electron chi connectivity index (χ1n) is 6.68. The molecule has 2 rings (SSSR count). The third kappa shape index (κ3) is 4.44. The van der Waals surface area contributed by atoms with Crippen LogP contribution >= 0.6 is 15.9 Å². The van der Waals surface area contributed by atoms with Gasteiger partial charge in [0.05, 0.1) is 0 Å². The predicted molar refractivity (Wildman–Crippen MR) is 83.1 cm³/mol. The van der Waals surface area contributed by atoms with Crippen LogP contribution in [-0.4, -0.2) is 11.5 Å². The fourth-order valence-corrected chi connectivity index (χ4v) is 2.38. The van der Waals surface area contributed by atoms with E-state index in [9.17, 15) is 0 Å². The Bertz CT molecular complexity index is 482. The third-order valence-corrected chi connectivity index (χ3v) is 3.71. The van der Waals surface area contributed by atoms with Crippen LogP contribution in [0.1, 0.15) is 30.6 Å². The molecule has 0 aliphatic heterocycles. The van der Waals surface area contributed by atoms with Crippen molar-refractivity contribution >= 4 is 15.9 Å². The van der Waals surface area contributed by atoms with E-state index in [1.165, 1.54) is 5.56 Å². The maximum absolute atomic E-state index is 4.34. The summed E-state index contributed by atoms with van der Waals surface area (Å²) >= 11 is 3.47. The van der Waals surface area contributed by atoms with Crippen molar-refractivity contribution in [2.75, 3.05) is 6.54 Å². The summed E-state index contributed by atoms with van der Waals surface area (Å²) in [5, 5.41) is 3.60. The molecule has 2 aromatic rings. The van der Waals surface area contributed by atoms with Gasteiger partial charge in [-0.05, 0) is 36.2 Å². The summed E-state index contributed by atoms with van der Waals surface area (Å²) < 4.78 is 1.12. The summed E-state index contributed by atoms with van der Waals surface area (Å²) in [5.41, 5.74) is 2.48. The van der Waals surface area contributed by atoms with Crippen molar-refractivity contribution in [3.63, 3.8) is 0 Å². The second kappa shape index (κ2) is 7.41. The van der Waals surface area contributed by atoms with E-state index in [2.05, 4.69) is 63.5 Å². The van der Waals surface area contributed by atoms with E-state index in [-0.39, 0.29) is 0 Å². The highest BCUT2D eigenvalue weighted by molar-refractivity contribution is 9.10. The monoisotopic (exact) mass is 318 g/mol. The minimum Gasteiger partial charge on any atom is -0.310 e. The minimum absolute atomic E-state index is 0.414. The first-order chi connectivity index (χ1) is 9.29. The molecule has 1 aromatic carbocycles. The average Bonchev–Trinajstić information content (AvgIpc) is 2.46. The maximum Gasteiger partial charge on any atom is 0.0416 e. The molecule has 100 valence electrons. The average molecular weight is 319 g/mol. The number of benzene rings is 1. The Morgan fingerprint density at radius 2 is 1.95 bits per heavy atom. The number of nitrogens with zero attached hydrogens (tertiary/aromatic N) is 1. The van der Waals surface area contributed by atoms with Crippen LogP contribution in [-0.2, 0) is 6.42 Å². The number of halogens is 1. The molecule has 0 saturated carbocycles. The Morgan fingerprint density at radius 1 is 1.16 bits per heavy atom. The molecule has 3 heteroatoms. The van der Waals surface area contributed by atoms with Gasteiger partial charge < -0.3 is 5.32 Å². The van der Waals surface area contributed by atoms with Crippen LogP contribution in [0.25, 0.3) is 0 Å². The smallest absolute Gasteiger partial charge is 0.0416 e. The standard InChI is InChI=1S/C16H19BrN2/c1-2-16(13-6-8-14(17)9-7-13)19-12-10-15-5-3-4-11-18-15/h3-9,11,16,19H,2,10,12H2,1H3. The molecule has 0 aliphatic rings. The molecule has 1 aromatic heterocycles. The minimum atomic E-state index is 0.414. The topological polar surface area (TPSA) is 24.9 Å². The van der Waals surface area contributed by atoms with Crippen molar-refractivity contribution in [1.29, 1.82) is 0 Å². The van der Waals surface area contributed by atoms with E-state index in [4.69, 9.17) is 0 Å². The third-order valence-electron chi connectivity index (χ3n) is 3.18. The maximum atomic E-state index is 4.34. The predicted octanol–water partition coefficient (Wildman–Crippen LogP) is 4.13. The molecule has 1 heterocycles. The van der Waals surface area contributed by atoms with Gasteiger partial charge in [0.15, 0.2) is 0 Å². The number of pyridine rings is 1. The molecule has 19 heavy (non-hydrogen) atoms. The van der Waals surface area contributed by atoms with E-state index in [1.54, 1.807) is 0 Å². The summed E-state index contributed by atoms with van der Waals surface area (Å²) in [6.07, 6.45) is 3.90. The fraction of sp³-hybridized carbons (Fsp3) is 0.312. The van der Waals surface area contributed by atoms with Gasteiger partial charge in [-0.15, -0.1) is 0 Å². The van der Waals surface area contributed by atoms with Crippen LogP contribution in [0.4, 0.5) is 0 Å². The Morgan fingerprint density at radius 3 is 2.58 bits per heavy atom. The first-order valence-corrected chi connectivity index (χ1v) is 7.47. The number of aromatic nitrogens is 1. The fourth-order valence-electron chi connectivity index (χ4n) is 2.11. The van der Waals surface area contributed by atoms with Crippen LogP contribution < -0.4 is 5.32 Å². The Balaban J connectivity index is 1.87. The molecule has 0 amide bonds. The SMILES string of the molecule is CCC(NCCc1ccccn1)c1ccc(Br)cc1. The lowest BCUT2D eigenvalue weighted by molar-refractivity contribution is 0.521. The Hall–Kier alpha value is -1.19. The number of nitrogens with one attached hydrogen (secondary N) is 1. The zero-order valence-corrected chi connectivity index (χ0v) is 12.7.